The lowest BCUT2D eigenvalue weighted by atomic mass is 9.77. The van der Waals surface area contributed by atoms with Gasteiger partial charge in [0, 0.05) is 24.0 Å². The average Bonchev–Trinajstić information content (AvgIpc) is 2.56. The van der Waals surface area contributed by atoms with Gasteiger partial charge in [0.05, 0.1) is 22.9 Å². The highest BCUT2D eigenvalue weighted by atomic mass is 14.9. The summed E-state index contributed by atoms with van der Waals surface area (Å²) in [5.74, 6) is 0.799. The smallest absolute Gasteiger partial charge is 0.0922 e. The minimum Gasteiger partial charge on any atom is -0.388 e. The molecule has 3 rings (SSSR count). The van der Waals surface area contributed by atoms with Crippen LogP contribution in [0.25, 0.3) is 16.6 Å². The molecule has 5 heteroatoms. The molecule has 0 spiro atoms. The predicted octanol–water partition coefficient (Wildman–Crippen LogP) is 2.73. The molecule has 0 atom stereocenters. The Balaban J connectivity index is 1.63. The van der Waals surface area contributed by atoms with E-state index in [0.29, 0.717) is 6.04 Å². The molecule has 0 amide bonds. The Bertz CT molecular complexity index is 703. The number of hydrogen-bond acceptors (Lipinski definition) is 5. The van der Waals surface area contributed by atoms with Gasteiger partial charge in [-0.3, -0.25) is 4.98 Å². The summed E-state index contributed by atoms with van der Waals surface area (Å²) in [4.78, 5) is 9.00. The van der Waals surface area contributed by atoms with E-state index in [2.05, 4.69) is 15.3 Å². The first-order valence-corrected chi connectivity index (χ1v) is 8.19. The van der Waals surface area contributed by atoms with E-state index in [1.807, 2.05) is 30.5 Å². The van der Waals surface area contributed by atoms with Gasteiger partial charge in [0.2, 0.25) is 0 Å². The van der Waals surface area contributed by atoms with Crippen LogP contribution >= 0.6 is 0 Å². The van der Waals surface area contributed by atoms with Gasteiger partial charge in [0.15, 0.2) is 0 Å². The van der Waals surface area contributed by atoms with Crippen LogP contribution in [0.15, 0.2) is 36.7 Å². The van der Waals surface area contributed by atoms with Crippen molar-refractivity contribution >= 4 is 22.8 Å². The molecule has 0 aliphatic heterocycles. The van der Waals surface area contributed by atoms with Crippen molar-refractivity contribution in [3.63, 3.8) is 0 Å². The summed E-state index contributed by atoms with van der Waals surface area (Å²) in [5.41, 5.74) is 8.75. The topological polar surface area (TPSA) is 87.7 Å². The standard InChI is InChI=1S/C18H23N5/c19-7-3-4-13-8-15(9-13)21-11-14(10-20)18-12-22-16-5-1-2-6-17(16)23-18/h1-2,5-6,10-13,15,20-21H,3-4,7-9,19H2/b14-11+,20-10?. The highest BCUT2D eigenvalue weighted by Crippen LogP contribution is 2.31. The normalized spacial score (nSPS) is 21.0. The third-order valence-corrected chi connectivity index (χ3v) is 4.43. The van der Waals surface area contributed by atoms with E-state index in [-0.39, 0.29) is 0 Å². The van der Waals surface area contributed by atoms with Crippen LogP contribution in [0.3, 0.4) is 0 Å². The maximum Gasteiger partial charge on any atom is 0.0922 e. The van der Waals surface area contributed by atoms with Crippen LogP contribution in [-0.4, -0.2) is 28.8 Å². The molecule has 1 aliphatic carbocycles. The predicted molar refractivity (Wildman–Crippen MR) is 94.2 cm³/mol. The second-order valence-electron chi connectivity index (χ2n) is 6.12. The first-order chi connectivity index (χ1) is 11.3. The highest BCUT2D eigenvalue weighted by molar-refractivity contribution is 6.07. The maximum atomic E-state index is 7.64. The number of nitrogens with two attached hydrogens (primary N) is 1. The van der Waals surface area contributed by atoms with E-state index < -0.39 is 0 Å². The van der Waals surface area contributed by atoms with Crippen LogP contribution in [0, 0.1) is 11.3 Å². The number of para-hydroxylation sites is 2. The molecule has 4 N–H and O–H groups in total. The van der Waals surface area contributed by atoms with Crippen molar-refractivity contribution < 1.29 is 0 Å². The number of hydrogen-bond donors (Lipinski definition) is 3. The number of aromatic nitrogens is 2. The van der Waals surface area contributed by atoms with Crippen LogP contribution in [0.1, 0.15) is 31.4 Å². The summed E-state index contributed by atoms with van der Waals surface area (Å²) in [7, 11) is 0. The lowest BCUT2D eigenvalue weighted by molar-refractivity contribution is 0.223. The number of rotatable bonds is 7. The second kappa shape index (κ2) is 7.33. The van der Waals surface area contributed by atoms with Crippen LogP contribution < -0.4 is 11.1 Å². The Hall–Kier alpha value is -2.27. The van der Waals surface area contributed by atoms with Gasteiger partial charge >= 0.3 is 0 Å². The van der Waals surface area contributed by atoms with Gasteiger partial charge in [0.1, 0.15) is 0 Å². The van der Waals surface area contributed by atoms with Crippen molar-refractivity contribution in [3.05, 3.63) is 42.4 Å². The maximum absolute atomic E-state index is 7.64. The zero-order valence-corrected chi connectivity index (χ0v) is 13.2. The van der Waals surface area contributed by atoms with Crippen molar-refractivity contribution in [3.8, 4) is 0 Å². The quantitative estimate of drug-likeness (QED) is 0.686. The number of fused-ring (bicyclic) bond motifs is 1. The Morgan fingerprint density at radius 3 is 2.83 bits per heavy atom. The summed E-state index contributed by atoms with van der Waals surface area (Å²) in [6, 6.07) is 8.27. The van der Waals surface area contributed by atoms with Crippen molar-refractivity contribution in [1.82, 2.24) is 15.3 Å². The van der Waals surface area contributed by atoms with E-state index in [1.165, 1.54) is 25.5 Å². The molecule has 1 aromatic carbocycles. The molecule has 0 bridgehead atoms. The molecule has 1 aliphatic rings. The molecule has 0 saturated heterocycles. The average molecular weight is 309 g/mol. The SMILES string of the molecule is N=C/C(=C\NC1CC(CCCN)C1)c1cnc2ccccc2n1. The molecular weight excluding hydrogens is 286 g/mol. The molecule has 0 radical (unpaired) electrons. The summed E-state index contributed by atoms with van der Waals surface area (Å²) in [5, 5.41) is 11.1. The summed E-state index contributed by atoms with van der Waals surface area (Å²) >= 11 is 0. The van der Waals surface area contributed by atoms with E-state index in [1.54, 1.807) is 6.20 Å². The Kier molecular flexibility index (Phi) is 4.98. The lowest BCUT2D eigenvalue weighted by Gasteiger charge is -2.35. The fourth-order valence-electron chi connectivity index (χ4n) is 3.01. The first kappa shape index (κ1) is 15.6. The zero-order valence-electron chi connectivity index (χ0n) is 13.2. The van der Waals surface area contributed by atoms with Gasteiger partial charge in [-0.1, -0.05) is 12.1 Å². The van der Waals surface area contributed by atoms with Crippen molar-refractivity contribution in [2.75, 3.05) is 6.54 Å². The zero-order chi connectivity index (χ0) is 16.1. The molecule has 120 valence electrons. The van der Waals surface area contributed by atoms with Gasteiger partial charge in [-0.25, -0.2) is 4.98 Å². The first-order valence-electron chi connectivity index (χ1n) is 8.19. The molecule has 2 aromatic rings. The molecule has 23 heavy (non-hydrogen) atoms. The number of nitrogens with zero attached hydrogens (tertiary/aromatic N) is 2. The third kappa shape index (κ3) is 3.74. The number of allylic oxidation sites excluding steroid dienone is 1. The van der Waals surface area contributed by atoms with Crippen LogP contribution in [0.5, 0.6) is 0 Å². The second-order valence-corrected chi connectivity index (χ2v) is 6.12. The fourth-order valence-corrected chi connectivity index (χ4v) is 3.01. The molecule has 1 fully saturated rings. The fraction of sp³-hybridized carbons (Fsp3) is 0.389. The Labute approximate surface area is 136 Å². The number of benzene rings is 1. The Morgan fingerprint density at radius 1 is 1.30 bits per heavy atom. The monoisotopic (exact) mass is 309 g/mol. The van der Waals surface area contributed by atoms with Gasteiger partial charge in [0.25, 0.3) is 0 Å². The highest BCUT2D eigenvalue weighted by Gasteiger charge is 2.27. The van der Waals surface area contributed by atoms with Crippen molar-refractivity contribution in [1.29, 1.82) is 5.41 Å². The number of nitrogens with one attached hydrogen (secondary N) is 2. The van der Waals surface area contributed by atoms with Crippen molar-refractivity contribution in [2.45, 2.75) is 31.7 Å². The molecule has 0 unspecified atom stereocenters. The van der Waals surface area contributed by atoms with Gasteiger partial charge in [-0.2, -0.15) is 0 Å². The molecule has 1 saturated carbocycles. The van der Waals surface area contributed by atoms with E-state index in [0.717, 1.165) is 41.2 Å². The van der Waals surface area contributed by atoms with Crippen LogP contribution in [-0.2, 0) is 0 Å². The minimum atomic E-state index is 0.501. The minimum absolute atomic E-state index is 0.501. The van der Waals surface area contributed by atoms with Crippen molar-refractivity contribution in [2.24, 2.45) is 11.7 Å². The van der Waals surface area contributed by atoms with E-state index in [4.69, 9.17) is 11.1 Å². The summed E-state index contributed by atoms with van der Waals surface area (Å²) in [6.07, 6.45) is 9.67. The third-order valence-electron chi connectivity index (χ3n) is 4.43. The molecule has 5 nitrogen and oxygen atoms in total. The summed E-state index contributed by atoms with van der Waals surface area (Å²) in [6.45, 7) is 0.785. The largest absolute Gasteiger partial charge is 0.388 e. The van der Waals surface area contributed by atoms with Crippen LogP contribution in [0.4, 0.5) is 0 Å². The van der Waals surface area contributed by atoms with Gasteiger partial charge in [-0.15, -0.1) is 0 Å². The molecular formula is C18H23N5. The van der Waals surface area contributed by atoms with E-state index >= 15 is 0 Å². The molecule has 1 heterocycles. The molecule has 1 aromatic heterocycles. The van der Waals surface area contributed by atoms with Gasteiger partial charge < -0.3 is 16.5 Å². The lowest BCUT2D eigenvalue weighted by Crippen LogP contribution is -2.38. The summed E-state index contributed by atoms with van der Waals surface area (Å²) < 4.78 is 0. The van der Waals surface area contributed by atoms with E-state index in [9.17, 15) is 0 Å². The van der Waals surface area contributed by atoms with Crippen LogP contribution in [0.2, 0.25) is 0 Å². The Morgan fingerprint density at radius 2 is 2.09 bits per heavy atom. The van der Waals surface area contributed by atoms with Gasteiger partial charge in [-0.05, 0) is 50.3 Å².